The Balaban J connectivity index is 1.99. The molecule has 0 unspecified atom stereocenters. The molecule has 0 aliphatic carbocycles. The second kappa shape index (κ2) is 7.86. The maximum Gasteiger partial charge on any atom is 0.136 e. The summed E-state index contributed by atoms with van der Waals surface area (Å²) >= 11 is 6.39. The topological polar surface area (TPSA) is 51.0 Å². The maximum absolute atomic E-state index is 6.39. The summed E-state index contributed by atoms with van der Waals surface area (Å²) in [6.07, 6.45) is 2.99. The Morgan fingerprint density at radius 3 is 2.64 bits per heavy atom. The summed E-state index contributed by atoms with van der Waals surface area (Å²) in [7, 11) is 1.74. The lowest BCUT2D eigenvalue weighted by molar-refractivity contribution is 0.421. The van der Waals surface area contributed by atoms with Gasteiger partial charge in [0.15, 0.2) is 0 Å². The number of H-pyrrole nitrogens is 1. The minimum Gasteiger partial charge on any atom is -0.495 e. The van der Waals surface area contributed by atoms with Gasteiger partial charge in [-0.2, -0.15) is 0 Å². The second-order valence-corrected chi connectivity index (χ2v) is 7.67. The lowest BCUT2D eigenvalue weighted by atomic mass is 9.97. The van der Waals surface area contributed by atoms with Crippen LogP contribution in [0.5, 0.6) is 5.75 Å². The van der Waals surface area contributed by atoms with Crippen molar-refractivity contribution in [2.24, 2.45) is 5.73 Å². The molecule has 0 saturated carbocycles. The quantitative estimate of drug-likeness (QED) is 0.381. The largest absolute Gasteiger partial charge is 0.495 e. The summed E-state index contributed by atoms with van der Waals surface area (Å²) in [5.74, 6) is 0.897. The molecule has 4 aromatic rings. The fourth-order valence-corrected chi connectivity index (χ4v) is 4.35. The number of rotatable bonds is 6. The summed E-state index contributed by atoms with van der Waals surface area (Å²) in [4.78, 5) is 3.67. The molecule has 144 valence electrons. The summed E-state index contributed by atoms with van der Waals surface area (Å²) in [5.41, 5.74) is 11.5. The van der Waals surface area contributed by atoms with Crippen molar-refractivity contribution in [3.63, 3.8) is 0 Å². The van der Waals surface area contributed by atoms with Gasteiger partial charge in [0.1, 0.15) is 5.75 Å². The molecule has 0 bridgehead atoms. The van der Waals surface area contributed by atoms with Gasteiger partial charge >= 0.3 is 0 Å². The van der Waals surface area contributed by atoms with E-state index in [1.165, 1.54) is 16.3 Å². The summed E-state index contributed by atoms with van der Waals surface area (Å²) in [6, 6.07) is 16.7. The highest BCUT2D eigenvalue weighted by Crippen LogP contribution is 2.41. The Morgan fingerprint density at radius 2 is 1.86 bits per heavy atom. The molecular formula is C24H25ClN2O. The molecule has 4 rings (SSSR count). The molecule has 0 atom stereocenters. The van der Waals surface area contributed by atoms with E-state index in [1.807, 2.05) is 18.2 Å². The van der Waals surface area contributed by atoms with Crippen LogP contribution in [0.4, 0.5) is 0 Å². The molecular weight excluding hydrogens is 368 g/mol. The van der Waals surface area contributed by atoms with Crippen LogP contribution >= 0.6 is 11.6 Å². The van der Waals surface area contributed by atoms with Gasteiger partial charge in [0, 0.05) is 26.9 Å². The number of methoxy groups -OCH3 is 1. The van der Waals surface area contributed by atoms with Crippen LogP contribution in [0.25, 0.3) is 32.9 Å². The van der Waals surface area contributed by atoms with E-state index in [0.29, 0.717) is 6.54 Å². The van der Waals surface area contributed by atoms with Gasteiger partial charge < -0.3 is 15.5 Å². The Kier molecular flexibility index (Phi) is 5.29. The first kappa shape index (κ1) is 18.9. The zero-order valence-corrected chi connectivity index (χ0v) is 17.1. The van der Waals surface area contributed by atoms with Crippen molar-refractivity contribution in [3.05, 3.63) is 64.7 Å². The summed E-state index contributed by atoms with van der Waals surface area (Å²) < 4.78 is 5.88. The third kappa shape index (κ3) is 3.25. The molecule has 0 aliphatic heterocycles. The van der Waals surface area contributed by atoms with Crippen LogP contribution in [0.1, 0.15) is 24.0 Å². The number of nitrogens with one attached hydrogen (secondary N) is 1. The van der Waals surface area contributed by atoms with Crippen molar-refractivity contribution in [1.82, 2.24) is 4.98 Å². The fraction of sp³-hybridized carbons (Fsp3) is 0.250. The van der Waals surface area contributed by atoms with E-state index in [4.69, 9.17) is 22.1 Å². The molecule has 0 aliphatic rings. The standard InChI is InChI=1S/C24H25ClN2O/c1-15-13-17(25)14-21-19(9-5-6-12-26)23(27-22(15)21)20-11-10-16-7-3-4-8-18(16)24(20)28-2/h3-4,7-8,10-11,13-14,27H,5-6,9,12,26H2,1-2H3. The maximum atomic E-state index is 6.39. The van der Waals surface area contributed by atoms with Crippen molar-refractivity contribution in [2.45, 2.75) is 26.2 Å². The number of hydrogen-bond donors (Lipinski definition) is 2. The lowest BCUT2D eigenvalue weighted by Gasteiger charge is -2.13. The summed E-state index contributed by atoms with van der Waals surface area (Å²) in [6.45, 7) is 2.80. The van der Waals surface area contributed by atoms with Gasteiger partial charge in [0.2, 0.25) is 0 Å². The normalized spacial score (nSPS) is 11.4. The number of benzene rings is 3. The Bertz CT molecular complexity index is 1150. The molecule has 4 heteroatoms. The first-order valence-corrected chi connectivity index (χ1v) is 10.1. The highest BCUT2D eigenvalue weighted by Gasteiger charge is 2.19. The highest BCUT2D eigenvalue weighted by atomic mass is 35.5. The summed E-state index contributed by atoms with van der Waals surface area (Å²) in [5, 5.41) is 4.24. The van der Waals surface area contributed by atoms with E-state index in [1.54, 1.807) is 7.11 Å². The fourth-order valence-electron chi connectivity index (χ4n) is 4.08. The zero-order chi connectivity index (χ0) is 19.7. The Morgan fingerprint density at radius 1 is 1.04 bits per heavy atom. The highest BCUT2D eigenvalue weighted by molar-refractivity contribution is 6.31. The number of unbranched alkanes of at least 4 members (excludes halogenated alkanes) is 1. The van der Waals surface area contributed by atoms with Gasteiger partial charge in [0.25, 0.3) is 0 Å². The van der Waals surface area contributed by atoms with Crippen LogP contribution in [0.15, 0.2) is 48.5 Å². The third-order valence-electron chi connectivity index (χ3n) is 5.41. The predicted molar refractivity (Wildman–Crippen MR) is 120 cm³/mol. The van der Waals surface area contributed by atoms with Crippen molar-refractivity contribution >= 4 is 33.3 Å². The molecule has 28 heavy (non-hydrogen) atoms. The number of aromatic amines is 1. The first-order chi connectivity index (χ1) is 13.6. The van der Waals surface area contributed by atoms with Gasteiger partial charge in [-0.15, -0.1) is 0 Å². The van der Waals surface area contributed by atoms with E-state index >= 15 is 0 Å². The number of fused-ring (bicyclic) bond motifs is 2. The molecule has 1 heterocycles. The van der Waals surface area contributed by atoms with Crippen LogP contribution in [0.3, 0.4) is 0 Å². The number of ether oxygens (including phenoxy) is 1. The van der Waals surface area contributed by atoms with Gasteiger partial charge in [-0.3, -0.25) is 0 Å². The molecule has 3 nitrogen and oxygen atoms in total. The Hall–Kier alpha value is -2.49. The average Bonchev–Trinajstić information content (AvgIpc) is 3.06. The van der Waals surface area contributed by atoms with Gasteiger partial charge in [-0.05, 0) is 67.4 Å². The number of halogens is 1. The van der Waals surface area contributed by atoms with Crippen LogP contribution in [0, 0.1) is 6.92 Å². The van der Waals surface area contributed by atoms with Crippen molar-refractivity contribution in [2.75, 3.05) is 13.7 Å². The van der Waals surface area contributed by atoms with Crippen LogP contribution in [-0.2, 0) is 6.42 Å². The molecule has 0 spiro atoms. The molecule has 0 saturated heterocycles. The SMILES string of the molecule is COc1c(-c2[nH]c3c(C)cc(Cl)cc3c2CCCCN)ccc2ccccc12. The van der Waals surface area contributed by atoms with Gasteiger partial charge in [0.05, 0.1) is 12.8 Å². The van der Waals surface area contributed by atoms with Crippen molar-refractivity contribution < 1.29 is 4.74 Å². The third-order valence-corrected chi connectivity index (χ3v) is 5.63. The van der Waals surface area contributed by atoms with E-state index in [2.05, 4.69) is 42.2 Å². The van der Waals surface area contributed by atoms with E-state index in [-0.39, 0.29) is 0 Å². The minimum absolute atomic E-state index is 0.705. The zero-order valence-electron chi connectivity index (χ0n) is 16.3. The number of aromatic nitrogens is 1. The molecule has 0 amide bonds. The van der Waals surface area contributed by atoms with Crippen molar-refractivity contribution in [1.29, 1.82) is 0 Å². The van der Waals surface area contributed by atoms with Crippen LogP contribution in [0.2, 0.25) is 5.02 Å². The molecule has 0 fully saturated rings. The van der Waals surface area contributed by atoms with Crippen LogP contribution < -0.4 is 10.5 Å². The van der Waals surface area contributed by atoms with Crippen molar-refractivity contribution in [3.8, 4) is 17.0 Å². The minimum atomic E-state index is 0.705. The molecule has 1 aromatic heterocycles. The van der Waals surface area contributed by atoms with Crippen LogP contribution in [-0.4, -0.2) is 18.6 Å². The lowest BCUT2D eigenvalue weighted by Crippen LogP contribution is -1.99. The molecule has 3 N–H and O–H groups in total. The monoisotopic (exact) mass is 392 g/mol. The van der Waals surface area contributed by atoms with E-state index in [0.717, 1.165) is 57.8 Å². The number of nitrogens with two attached hydrogens (primary N) is 1. The second-order valence-electron chi connectivity index (χ2n) is 7.24. The van der Waals surface area contributed by atoms with Gasteiger partial charge in [-0.25, -0.2) is 0 Å². The molecule has 3 aromatic carbocycles. The molecule has 0 radical (unpaired) electrons. The number of hydrogen-bond acceptors (Lipinski definition) is 2. The van der Waals surface area contributed by atoms with E-state index in [9.17, 15) is 0 Å². The van der Waals surface area contributed by atoms with E-state index < -0.39 is 0 Å². The predicted octanol–water partition coefficient (Wildman–Crippen LogP) is 6.24. The Labute approximate surface area is 170 Å². The smallest absolute Gasteiger partial charge is 0.136 e. The average molecular weight is 393 g/mol. The first-order valence-electron chi connectivity index (χ1n) is 9.71. The van der Waals surface area contributed by atoms with Gasteiger partial charge in [-0.1, -0.05) is 41.9 Å². The number of aryl methyl sites for hydroxylation is 2.